The van der Waals surface area contributed by atoms with Gasteiger partial charge in [0.25, 0.3) is 0 Å². The van der Waals surface area contributed by atoms with E-state index in [9.17, 15) is 13.2 Å². The molecular formula is C18H19F3N4OS2. The van der Waals surface area contributed by atoms with Gasteiger partial charge < -0.3 is 10.1 Å². The summed E-state index contributed by atoms with van der Waals surface area (Å²) in [5.74, 6) is 0.553. The summed E-state index contributed by atoms with van der Waals surface area (Å²) in [4.78, 5) is 14.2. The minimum absolute atomic E-state index is 0.175. The van der Waals surface area contributed by atoms with Crippen LogP contribution < -0.4 is 5.32 Å². The molecule has 0 aliphatic carbocycles. The van der Waals surface area contributed by atoms with E-state index in [-0.39, 0.29) is 6.61 Å². The van der Waals surface area contributed by atoms with Gasteiger partial charge in [-0.05, 0) is 39.3 Å². The van der Waals surface area contributed by atoms with Gasteiger partial charge in [0.1, 0.15) is 5.82 Å². The second kappa shape index (κ2) is 7.76. The summed E-state index contributed by atoms with van der Waals surface area (Å²) in [5.41, 5.74) is 0.144. The lowest BCUT2D eigenvalue weighted by atomic mass is 10.1. The maximum absolute atomic E-state index is 12.8. The van der Waals surface area contributed by atoms with Crippen LogP contribution in [0.2, 0.25) is 0 Å². The Morgan fingerprint density at radius 2 is 1.89 bits per heavy atom. The van der Waals surface area contributed by atoms with Crippen molar-refractivity contribution < 1.29 is 17.9 Å². The van der Waals surface area contributed by atoms with E-state index < -0.39 is 11.8 Å². The van der Waals surface area contributed by atoms with Gasteiger partial charge in [-0.25, -0.2) is 15.0 Å². The van der Waals surface area contributed by atoms with Crippen molar-refractivity contribution in [2.75, 3.05) is 5.32 Å². The molecule has 0 unspecified atom stereocenters. The van der Waals surface area contributed by atoms with E-state index >= 15 is 0 Å². The number of alkyl halides is 3. The first kappa shape index (κ1) is 20.7. The Hall–Kier alpha value is -2.04. The number of pyridine rings is 1. The van der Waals surface area contributed by atoms with Gasteiger partial charge in [-0.1, -0.05) is 6.07 Å². The number of thiazole rings is 2. The molecule has 0 saturated carbocycles. The highest BCUT2D eigenvalue weighted by atomic mass is 32.1. The van der Waals surface area contributed by atoms with Gasteiger partial charge in [0, 0.05) is 11.6 Å². The highest BCUT2D eigenvalue weighted by Gasteiger charge is 2.48. The van der Waals surface area contributed by atoms with E-state index in [1.54, 1.807) is 23.5 Å². The first-order valence-electron chi connectivity index (χ1n) is 8.38. The van der Waals surface area contributed by atoms with Gasteiger partial charge in [-0.15, -0.1) is 22.7 Å². The van der Waals surface area contributed by atoms with Crippen LogP contribution in [0, 0.1) is 13.8 Å². The van der Waals surface area contributed by atoms with Crippen molar-refractivity contribution in [1.82, 2.24) is 15.0 Å². The quantitative estimate of drug-likeness (QED) is 0.531. The molecule has 0 fully saturated rings. The number of aryl methyl sites for hydroxylation is 2. The van der Waals surface area contributed by atoms with Crippen molar-refractivity contribution in [2.45, 2.75) is 46.1 Å². The fourth-order valence-corrected chi connectivity index (χ4v) is 3.91. The summed E-state index contributed by atoms with van der Waals surface area (Å²) < 4.78 is 43.5. The SMILES string of the molecule is Cc1nc(C)c(-c2csc(Nc3ccc(COC(C)(C)C(F)(F)F)cn3)n2)s1. The minimum Gasteiger partial charge on any atom is -0.361 e. The van der Waals surface area contributed by atoms with Crippen molar-refractivity contribution >= 4 is 33.6 Å². The van der Waals surface area contributed by atoms with Crippen LogP contribution in [-0.2, 0) is 11.3 Å². The van der Waals surface area contributed by atoms with E-state index in [0.717, 1.165) is 35.1 Å². The van der Waals surface area contributed by atoms with E-state index in [4.69, 9.17) is 4.74 Å². The zero-order chi connectivity index (χ0) is 20.5. The standard InChI is InChI=1S/C18H19F3N4OS2/c1-10-15(28-11(2)23-10)13-9-27-16(24-13)25-14-6-5-12(7-22-14)8-26-17(3,4)18(19,20)21/h5-7,9H,8H2,1-4H3,(H,22,24,25). The first-order valence-corrected chi connectivity index (χ1v) is 10.1. The predicted molar refractivity (Wildman–Crippen MR) is 105 cm³/mol. The molecule has 0 amide bonds. The molecular weight excluding hydrogens is 409 g/mol. The molecule has 0 atom stereocenters. The number of aromatic nitrogens is 3. The molecule has 0 bridgehead atoms. The Balaban J connectivity index is 1.63. The van der Waals surface area contributed by atoms with E-state index in [1.165, 1.54) is 17.5 Å². The lowest BCUT2D eigenvalue weighted by molar-refractivity contribution is -0.267. The molecule has 0 aliphatic rings. The van der Waals surface area contributed by atoms with Crippen LogP contribution in [0.25, 0.3) is 10.6 Å². The predicted octanol–water partition coefficient (Wildman–Crippen LogP) is 5.88. The van der Waals surface area contributed by atoms with Crippen LogP contribution in [0.1, 0.15) is 30.1 Å². The van der Waals surface area contributed by atoms with Gasteiger partial charge in [0.05, 0.1) is 27.9 Å². The third-order valence-corrected chi connectivity index (χ3v) is 5.84. The molecule has 10 heteroatoms. The molecule has 150 valence electrons. The molecule has 0 saturated heterocycles. The molecule has 1 N–H and O–H groups in total. The molecule has 3 aromatic heterocycles. The lowest BCUT2D eigenvalue weighted by Crippen LogP contribution is -2.41. The van der Waals surface area contributed by atoms with E-state index in [0.29, 0.717) is 16.5 Å². The largest absolute Gasteiger partial charge is 0.416 e. The third-order valence-electron chi connectivity index (χ3n) is 3.98. The second-order valence-electron chi connectivity index (χ2n) is 6.66. The number of hydrogen-bond donors (Lipinski definition) is 1. The maximum Gasteiger partial charge on any atom is 0.416 e. The number of ether oxygens (including phenoxy) is 1. The van der Waals surface area contributed by atoms with E-state index in [1.807, 2.05) is 19.2 Å². The summed E-state index contributed by atoms with van der Waals surface area (Å²) in [6.45, 7) is 5.74. The third kappa shape index (κ3) is 4.68. The molecule has 3 rings (SSSR count). The molecule has 0 aliphatic heterocycles. The van der Waals surface area contributed by atoms with Gasteiger partial charge in [-0.2, -0.15) is 13.2 Å². The zero-order valence-electron chi connectivity index (χ0n) is 15.7. The number of nitrogens with one attached hydrogen (secondary N) is 1. The summed E-state index contributed by atoms with van der Waals surface area (Å²) in [5, 5.41) is 6.72. The number of halogens is 3. The second-order valence-corrected chi connectivity index (χ2v) is 8.72. The van der Waals surface area contributed by atoms with Gasteiger partial charge in [-0.3, -0.25) is 0 Å². The molecule has 0 aromatic carbocycles. The number of nitrogens with zero attached hydrogens (tertiary/aromatic N) is 3. The summed E-state index contributed by atoms with van der Waals surface area (Å²) in [7, 11) is 0. The Bertz CT molecular complexity index is 949. The minimum atomic E-state index is -4.43. The van der Waals surface area contributed by atoms with Gasteiger partial charge >= 0.3 is 6.18 Å². The molecule has 28 heavy (non-hydrogen) atoms. The molecule has 3 heterocycles. The molecule has 5 nitrogen and oxygen atoms in total. The Morgan fingerprint density at radius 1 is 1.14 bits per heavy atom. The smallest absolute Gasteiger partial charge is 0.361 e. The Labute approximate surface area is 168 Å². The monoisotopic (exact) mass is 428 g/mol. The van der Waals surface area contributed by atoms with Gasteiger partial charge in [0.2, 0.25) is 0 Å². The lowest BCUT2D eigenvalue weighted by Gasteiger charge is -2.27. The van der Waals surface area contributed by atoms with Crippen LogP contribution in [0.15, 0.2) is 23.7 Å². The van der Waals surface area contributed by atoms with Crippen LogP contribution in [0.3, 0.4) is 0 Å². The van der Waals surface area contributed by atoms with Crippen LogP contribution >= 0.6 is 22.7 Å². The van der Waals surface area contributed by atoms with Crippen molar-refractivity contribution in [3.8, 4) is 10.6 Å². The molecule has 0 radical (unpaired) electrons. The highest BCUT2D eigenvalue weighted by molar-refractivity contribution is 7.16. The number of hydrogen-bond acceptors (Lipinski definition) is 7. The Kier molecular flexibility index (Phi) is 5.74. The van der Waals surface area contributed by atoms with E-state index in [2.05, 4.69) is 20.3 Å². The first-order chi connectivity index (χ1) is 13.0. The van der Waals surface area contributed by atoms with Gasteiger partial charge in [0.15, 0.2) is 10.7 Å². The van der Waals surface area contributed by atoms with Crippen LogP contribution in [0.4, 0.5) is 24.1 Å². The fraction of sp³-hybridized carbons (Fsp3) is 0.389. The summed E-state index contributed by atoms with van der Waals surface area (Å²) in [6, 6.07) is 3.36. The fourth-order valence-electron chi connectivity index (χ4n) is 2.24. The molecule has 0 spiro atoms. The van der Waals surface area contributed by atoms with Crippen LogP contribution in [0.5, 0.6) is 0 Å². The van der Waals surface area contributed by atoms with Crippen molar-refractivity contribution in [3.63, 3.8) is 0 Å². The number of rotatable bonds is 6. The maximum atomic E-state index is 12.8. The topological polar surface area (TPSA) is 59.9 Å². The number of anilines is 2. The molecule has 3 aromatic rings. The van der Waals surface area contributed by atoms with Crippen molar-refractivity contribution in [1.29, 1.82) is 0 Å². The normalized spacial score (nSPS) is 12.4. The summed E-state index contributed by atoms with van der Waals surface area (Å²) >= 11 is 3.04. The van der Waals surface area contributed by atoms with Crippen molar-refractivity contribution in [2.24, 2.45) is 0 Å². The van der Waals surface area contributed by atoms with Crippen LogP contribution in [-0.4, -0.2) is 26.7 Å². The average Bonchev–Trinajstić information content (AvgIpc) is 3.19. The Morgan fingerprint density at radius 3 is 2.46 bits per heavy atom. The zero-order valence-corrected chi connectivity index (χ0v) is 17.3. The average molecular weight is 429 g/mol. The summed E-state index contributed by atoms with van der Waals surface area (Å²) in [6.07, 6.45) is -2.94. The van der Waals surface area contributed by atoms with Crippen molar-refractivity contribution in [3.05, 3.63) is 40.0 Å². The highest BCUT2D eigenvalue weighted by Crippen LogP contribution is 2.34.